The lowest BCUT2D eigenvalue weighted by atomic mass is 9.77. The van der Waals surface area contributed by atoms with Crippen molar-refractivity contribution in [2.24, 2.45) is 0 Å². The molecular weight excluding hydrogens is 1170 g/mol. The molecule has 466 valence electrons. The van der Waals surface area contributed by atoms with Crippen LogP contribution in [-0.4, -0.2) is 113 Å². The van der Waals surface area contributed by atoms with Crippen LogP contribution in [0.25, 0.3) is 43.5 Å². The monoisotopic (exact) mass is 1240 g/mol. The second-order valence-electron chi connectivity index (χ2n) is 22.7. The molecule has 0 radical (unpaired) electrons. The minimum absolute atomic E-state index is 0.00542. The summed E-state index contributed by atoms with van der Waals surface area (Å²) < 4.78 is 68.6. The first kappa shape index (κ1) is 62.8. The molecule has 0 saturated carbocycles. The van der Waals surface area contributed by atoms with Gasteiger partial charge in [0.1, 0.15) is 36.0 Å². The van der Waals surface area contributed by atoms with Gasteiger partial charge in [0.2, 0.25) is 11.8 Å². The van der Waals surface area contributed by atoms with E-state index >= 15 is 0 Å². The van der Waals surface area contributed by atoms with Crippen LogP contribution in [-0.2, 0) is 52.7 Å². The normalized spacial score (nSPS) is 19.5. The molecule has 7 aromatic carbocycles. The smallest absolute Gasteiger partial charge is 0.303 e. The highest BCUT2D eigenvalue weighted by atomic mass is 31.2. The van der Waals surface area contributed by atoms with E-state index in [2.05, 4.69) is 50.3 Å². The number of imidazole rings is 1. The summed E-state index contributed by atoms with van der Waals surface area (Å²) in [6, 6.07) is 42.7. The van der Waals surface area contributed by atoms with E-state index in [1.165, 1.54) is 20.8 Å². The van der Waals surface area contributed by atoms with E-state index < -0.39 is 74.8 Å². The van der Waals surface area contributed by atoms with Crippen molar-refractivity contribution in [2.75, 3.05) is 39.4 Å². The van der Waals surface area contributed by atoms with Gasteiger partial charge < -0.3 is 52.3 Å². The van der Waals surface area contributed by atoms with Crippen molar-refractivity contribution >= 4 is 75.9 Å². The van der Waals surface area contributed by atoms with E-state index in [1.807, 2.05) is 127 Å². The van der Waals surface area contributed by atoms with Crippen molar-refractivity contribution in [1.82, 2.24) is 24.2 Å². The fourth-order valence-electron chi connectivity index (χ4n) is 12.6. The molecule has 3 heterocycles. The highest BCUT2D eigenvalue weighted by Crippen LogP contribution is 2.53. The Hall–Kier alpha value is -8.80. The molecule has 2 aliphatic rings. The molecule has 1 N–H and O–H groups in total. The first-order valence-electron chi connectivity index (χ1n) is 29.9. The van der Waals surface area contributed by atoms with Gasteiger partial charge in [-0.05, 0) is 113 Å². The number of nitrogens with one attached hydrogen (secondary N) is 1. The Bertz CT molecular complexity index is 4010. The fraction of sp³-hybridized carbons (Fsp3) is 0.348. The molecule has 9 aromatic rings. The summed E-state index contributed by atoms with van der Waals surface area (Å²) in [5.74, 6) is -0.609. The van der Waals surface area contributed by atoms with Crippen LogP contribution in [0.3, 0.4) is 0 Å². The van der Waals surface area contributed by atoms with Crippen LogP contribution in [0, 0.1) is 11.3 Å². The Labute approximate surface area is 523 Å². The van der Waals surface area contributed by atoms with Crippen LogP contribution >= 0.6 is 8.53 Å². The second kappa shape index (κ2) is 27.1. The molecule has 1 unspecified atom stereocenters. The van der Waals surface area contributed by atoms with Gasteiger partial charge in [0, 0.05) is 44.8 Å². The van der Waals surface area contributed by atoms with Crippen molar-refractivity contribution in [3.8, 4) is 23.4 Å². The SMILES string of the molecule is C=CCOc1nc(N[C@@H]2c3c(cc4ccc5cccc6ccc3c4c56)[C@@H](OC(C)=O)[C@H](OC(C)=O)[C@@H]2OC(C)=O)nc2c1ncn2[C@H]1C[C@H](OP(OCCC#N)N(C(C)C)C(C)C)[C@@H](COC(c2ccccc2)(c2ccc(OC)cc2)c2ccc(OC)cc2)O1. The molecule has 1 saturated heterocycles. The number of rotatable bonds is 25. The number of hydrogen-bond acceptors (Lipinski definition) is 19. The van der Waals surface area contributed by atoms with E-state index in [4.69, 9.17) is 61.9 Å². The number of ether oxygens (including phenoxy) is 8. The number of anilines is 1. The van der Waals surface area contributed by atoms with Crippen LogP contribution in [0.1, 0.15) is 107 Å². The summed E-state index contributed by atoms with van der Waals surface area (Å²) in [5.41, 5.74) is 2.91. The number of nitrogens with zero attached hydrogens (tertiary/aromatic N) is 6. The van der Waals surface area contributed by atoms with E-state index in [9.17, 15) is 19.6 Å². The van der Waals surface area contributed by atoms with Crippen LogP contribution in [0.4, 0.5) is 5.95 Å². The Morgan fingerprint density at radius 1 is 0.789 bits per heavy atom. The van der Waals surface area contributed by atoms with Gasteiger partial charge >= 0.3 is 17.9 Å². The average Bonchev–Trinajstić information content (AvgIpc) is 0.906. The number of aromatic nitrogens is 4. The third kappa shape index (κ3) is 12.5. The molecule has 1 aliphatic heterocycles. The summed E-state index contributed by atoms with van der Waals surface area (Å²) in [6.45, 7) is 16.1. The Kier molecular flexibility index (Phi) is 18.9. The molecule has 0 amide bonds. The molecule has 8 atom stereocenters. The van der Waals surface area contributed by atoms with E-state index in [-0.39, 0.29) is 67.7 Å². The summed E-state index contributed by atoms with van der Waals surface area (Å²) >= 11 is 0. The average molecular weight is 1240 g/mol. The molecule has 11 rings (SSSR count). The standard InChI is InChI=1S/C69H72N7O13P/c1-11-34-82-67-62-66(73-68(74-67)72-61-60-53-32-23-46-18-15-17-45-21-22-47(59(53)58(45)46)36-54(60)63(85-42(6)77)65(87-44(8)79)64(61)86-43(7)78)75(39-71-62)57-37-55(89-90(84-35-16-33-70)76(40(2)3)41(4)5)56(88-57)38-83-69(48-19-13-12-14-20-48,49-24-28-51(80-9)29-25-49)50-26-30-52(81-10)31-27-50/h11-15,17-32,36,39-41,55-57,61,63-65H,1,16,34-35,37-38H2,2-10H3,(H,72,73,74)/t55-,56+,57+,61+,63+,64+,65-,90?/m0/s1. The first-order valence-corrected chi connectivity index (χ1v) is 31.0. The number of carbonyl (C=O) groups excluding carboxylic acids is 3. The van der Waals surface area contributed by atoms with Gasteiger partial charge in [-0.25, -0.2) is 9.65 Å². The lowest BCUT2D eigenvalue weighted by molar-refractivity contribution is -0.187. The second-order valence-corrected chi connectivity index (χ2v) is 24.1. The Morgan fingerprint density at radius 2 is 1.41 bits per heavy atom. The molecule has 1 aliphatic carbocycles. The van der Waals surface area contributed by atoms with Gasteiger partial charge in [0.15, 0.2) is 29.5 Å². The van der Waals surface area contributed by atoms with Gasteiger partial charge in [-0.1, -0.05) is 110 Å². The third-order valence-electron chi connectivity index (χ3n) is 16.2. The fourth-order valence-corrected chi connectivity index (χ4v) is 14.4. The minimum atomic E-state index is -1.82. The Balaban J connectivity index is 1.06. The van der Waals surface area contributed by atoms with Crippen LogP contribution < -0.4 is 19.5 Å². The molecule has 90 heavy (non-hydrogen) atoms. The van der Waals surface area contributed by atoms with Gasteiger partial charge in [-0.2, -0.15) is 15.2 Å². The number of benzene rings is 7. The van der Waals surface area contributed by atoms with Crippen LogP contribution in [0.5, 0.6) is 17.4 Å². The van der Waals surface area contributed by atoms with Gasteiger partial charge in [-0.15, -0.1) is 0 Å². The van der Waals surface area contributed by atoms with Crippen molar-refractivity contribution in [3.63, 3.8) is 0 Å². The zero-order valence-corrected chi connectivity index (χ0v) is 52.5. The minimum Gasteiger partial charge on any atom is -0.497 e. The van der Waals surface area contributed by atoms with E-state index in [1.54, 1.807) is 31.2 Å². The summed E-state index contributed by atoms with van der Waals surface area (Å²) in [4.78, 5) is 54.8. The molecule has 1 fully saturated rings. The summed E-state index contributed by atoms with van der Waals surface area (Å²) in [7, 11) is 1.44. The van der Waals surface area contributed by atoms with Crippen molar-refractivity contribution < 1.29 is 61.3 Å². The zero-order valence-electron chi connectivity index (χ0n) is 51.7. The maximum absolute atomic E-state index is 13.4. The largest absolute Gasteiger partial charge is 0.497 e. The molecular formula is C69H72N7O13P. The highest BCUT2D eigenvalue weighted by molar-refractivity contribution is 7.44. The van der Waals surface area contributed by atoms with E-state index in [0.717, 1.165) is 49.0 Å². The van der Waals surface area contributed by atoms with Gasteiger partial charge in [-0.3, -0.25) is 19.0 Å². The van der Waals surface area contributed by atoms with Crippen LogP contribution in [0.15, 0.2) is 146 Å². The topological polar surface area (TPSA) is 226 Å². The van der Waals surface area contributed by atoms with Crippen LogP contribution in [0.2, 0.25) is 0 Å². The maximum Gasteiger partial charge on any atom is 0.303 e. The summed E-state index contributed by atoms with van der Waals surface area (Å²) in [5, 5.41) is 18.8. The molecule has 0 spiro atoms. The highest BCUT2D eigenvalue weighted by Gasteiger charge is 2.51. The Morgan fingerprint density at radius 3 is 2.02 bits per heavy atom. The molecule has 2 aromatic heterocycles. The van der Waals surface area contributed by atoms with Crippen molar-refractivity contribution in [3.05, 3.63) is 174 Å². The molecule has 20 nitrogen and oxygen atoms in total. The van der Waals surface area contributed by atoms with Gasteiger partial charge in [0.05, 0.1) is 58.4 Å². The number of esters is 3. The molecule has 0 bridgehead atoms. The van der Waals surface area contributed by atoms with Crippen molar-refractivity contribution in [1.29, 1.82) is 5.26 Å². The summed E-state index contributed by atoms with van der Waals surface area (Å²) in [6.07, 6.45) is -2.66. The zero-order chi connectivity index (χ0) is 63.4. The number of hydrogen-bond donors (Lipinski definition) is 1. The van der Waals surface area contributed by atoms with Gasteiger partial charge in [0.25, 0.3) is 8.53 Å². The lowest BCUT2D eigenvalue weighted by Crippen LogP contribution is -2.50. The number of fused-ring (bicyclic) bond motifs is 3. The molecule has 21 heteroatoms. The number of methoxy groups -OCH3 is 2. The van der Waals surface area contributed by atoms with Crippen molar-refractivity contribution in [2.45, 2.75) is 122 Å². The predicted octanol–water partition coefficient (Wildman–Crippen LogP) is 12.9. The quantitative estimate of drug-likeness (QED) is 0.0107. The van der Waals surface area contributed by atoms with E-state index in [0.29, 0.717) is 22.6 Å². The number of nitriles is 1. The third-order valence-corrected chi connectivity index (χ3v) is 18.4. The first-order chi connectivity index (χ1) is 43.5. The maximum atomic E-state index is 13.4. The predicted molar refractivity (Wildman–Crippen MR) is 340 cm³/mol. The number of carbonyl (C=O) groups is 3. The lowest BCUT2D eigenvalue weighted by Gasteiger charge is -2.43.